The fourth-order valence-electron chi connectivity index (χ4n) is 1.42. The molecule has 0 aliphatic carbocycles. The highest BCUT2D eigenvalue weighted by molar-refractivity contribution is 5.85. The van der Waals surface area contributed by atoms with Gasteiger partial charge in [0.2, 0.25) is 0 Å². The van der Waals surface area contributed by atoms with Gasteiger partial charge in [-0.25, -0.2) is 20.8 Å². The lowest BCUT2D eigenvalue weighted by atomic mass is 10.2. The number of nitrogen functional groups attached to an aromatic ring is 1. The average molecular weight is 219 g/mol. The number of nitrogens with two attached hydrogens (primary N) is 1. The second-order valence-corrected chi connectivity index (χ2v) is 3.35. The van der Waals surface area contributed by atoms with Crippen LogP contribution in [-0.4, -0.2) is 22.1 Å². The van der Waals surface area contributed by atoms with Gasteiger partial charge in [-0.05, 0) is 19.1 Å². The van der Waals surface area contributed by atoms with Crippen LogP contribution in [0.15, 0.2) is 18.5 Å². The van der Waals surface area contributed by atoms with Crippen molar-refractivity contribution in [3.8, 4) is 0 Å². The largest absolute Gasteiger partial charge is 0.375 e. The van der Waals surface area contributed by atoms with Crippen LogP contribution >= 0.6 is 0 Å². The molecule has 0 aromatic carbocycles. The number of methoxy groups -OCH3 is 1. The number of nitrogens with zero attached hydrogens (tertiary/aromatic N) is 3. The second-order valence-electron chi connectivity index (χ2n) is 3.35. The molecule has 1 unspecified atom stereocenters. The maximum absolute atomic E-state index is 5.35. The third-order valence-corrected chi connectivity index (χ3v) is 2.43. The molecular formula is C10H13N5O. The number of hydrogen-bond acceptors (Lipinski definition) is 6. The van der Waals surface area contributed by atoms with Gasteiger partial charge in [-0.15, -0.1) is 0 Å². The van der Waals surface area contributed by atoms with E-state index in [0.29, 0.717) is 11.5 Å². The molecule has 6 heteroatoms. The first-order valence-corrected chi connectivity index (χ1v) is 4.87. The minimum Gasteiger partial charge on any atom is -0.375 e. The van der Waals surface area contributed by atoms with Crippen molar-refractivity contribution in [2.45, 2.75) is 13.0 Å². The Labute approximate surface area is 92.8 Å². The zero-order valence-electron chi connectivity index (χ0n) is 9.14. The fraction of sp³-hybridized carbons (Fsp3) is 0.300. The van der Waals surface area contributed by atoms with Crippen molar-refractivity contribution < 1.29 is 4.74 Å². The third kappa shape index (κ3) is 1.80. The summed E-state index contributed by atoms with van der Waals surface area (Å²) in [5.41, 5.74) is 3.94. The molecule has 3 N–H and O–H groups in total. The van der Waals surface area contributed by atoms with Crippen molar-refractivity contribution >= 4 is 16.9 Å². The zero-order valence-corrected chi connectivity index (χ0v) is 9.14. The van der Waals surface area contributed by atoms with E-state index in [0.717, 1.165) is 11.1 Å². The van der Waals surface area contributed by atoms with Gasteiger partial charge in [-0.2, -0.15) is 0 Å². The highest BCUT2D eigenvalue weighted by Crippen LogP contribution is 2.20. The first kappa shape index (κ1) is 10.7. The Balaban J connectivity index is 2.55. The molecule has 0 aliphatic heterocycles. The van der Waals surface area contributed by atoms with E-state index in [-0.39, 0.29) is 6.10 Å². The zero-order chi connectivity index (χ0) is 11.5. The standard InChI is InChI=1S/C10H13N5O/c1-6(16-2)8-4-3-7-9(14-8)12-5-13-10(7)15-11/h3-6H,11H2,1-2H3,(H,12,13,14,15). The van der Waals surface area contributed by atoms with Crippen molar-refractivity contribution in [1.29, 1.82) is 0 Å². The molecule has 84 valence electrons. The number of rotatable bonds is 3. The predicted molar refractivity (Wildman–Crippen MR) is 60.6 cm³/mol. The molecule has 0 aliphatic rings. The van der Waals surface area contributed by atoms with E-state index in [4.69, 9.17) is 10.6 Å². The molecule has 0 bridgehead atoms. The first-order chi connectivity index (χ1) is 7.76. The van der Waals surface area contributed by atoms with Crippen LogP contribution in [0.2, 0.25) is 0 Å². The summed E-state index contributed by atoms with van der Waals surface area (Å²) in [6.45, 7) is 1.93. The van der Waals surface area contributed by atoms with Crippen molar-refractivity contribution in [3.63, 3.8) is 0 Å². The molecule has 0 saturated carbocycles. The summed E-state index contributed by atoms with van der Waals surface area (Å²) in [5, 5.41) is 0.789. The number of hydrogen-bond donors (Lipinski definition) is 2. The molecule has 0 radical (unpaired) electrons. The molecule has 0 amide bonds. The maximum atomic E-state index is 5.35. The number of ether oxygens (including phenoxy) is 1. The molecule has 2 aromatic rings. The second kappa shape index (κ2) is 4.38. The van der Waals surface area contributed by atoms with Crippen molar-refractivity contribution in [1.82, 2.24) is 15.0 Å². The van der Waals surface area contributed by atoms with E-state index in [1.165, 1.54) is 6.33 Å². The van der Waals surface area contributed by atoms with Crippen LogP contribution in [0.1, 0.15) is 18.7 Å². The molecule has 16 heavy (non-hydrogen) atoms. The highest BCUT2D eigenvalue weighted by Gasteiger charge is 2.09. The summed E-state index contributed by atoms with van der Waals surface area (Å²) in [6.07, 6.45) is 1.36. The van der Waals surface area contributed by atoms with Crippen LogP contribution in [0.5, 0.6) is 0 Å². The number of hydrazine groups is 1. The number of nitrogens with one attached hydrogen (secondary N) is 1. The van der Waals surface area contributed by atoms with Gasteiger partial charge < -0.3 is 10.2 Å². The lowest BCUT2D eigenvalue weighted by Gasteiger charge is -2.09. The Morgan fingerprint density at radius 3 is 2.88 bits per heavy atom. The summed E-state index contributed by atoms with van der Waals surface area (Å²) in [7, 11) is 1.64. The fourth-order valence-corrected chi connectivity index (χ4v) is 1.42. The molecule has 0 spiro atoms. The van der Waals surface area contributed by atoms with Crippen LogP contribution in [0.4, 0.5) is 5.82 Å². The Morgan fingerprint density at radius 1 is 1.38 bits per heavy atom. The molecule has 1 atom stereocenters. The Kier molecular flexibility index (Phi) is 2.93. The number of fused-ring (bicyclic) bond motifs is 1. The summed E-state index contributed by atoms with van der Waals surface area (Å²) in [5.74, 6) is 5.91. The molecule has 2 aromatic heterocycles. The topological polar surface area (TPSA) is 86.0 Å². The average Bonchev–Trinajstić information content (AvgIpc) is 2.36. The predicted octanol–water partition coefficient (Wildman–Crippen LogP) is 1.02. The van der Waals surface area contributed by atoms with Gasteiger partial charge in [-0.3, -0.25) is 0 Å². The molecular weight excluding hydrogens is 206 g/mol. The molecule has 6 nitrogen and oxygen atoms in total. The van der Waals surface area contributed by atoms with Gasteiger partial charge in [0.15, 0.2) is 11.5 Å². The minimum atomic E-state index is -0.0614. The van der Waals surface area contributed by atoms with E-state index in [9.17, 15) is 0 Å². The van der Waals surface area contributed by atoms with Crippen molar-refractivity contribution in [2.75, 3.05) is 12.5 Å². The SMILES string of the molecule is COC(C)c1ccc2c(NN)ncnc2n1. The van der Waals surface area contributed by atoms with Gasteiger partial charge in [0.25, 0.3) is 0 Å². The van der Waals surface area contributed by atoms with Crippen LogP contribution in [0.25, 0.3) is 11.0 Å². The monoisotopic (exact) mass is 219 g/mol. The highest BCUT2D eigenvalue weighted by atomic mass is 16.5. The Bertz CT molecular complexity index is 502. The number of pyridine rings is 1. The summed E-state index contributed by atoms with van der Waals surface area (Å²) < 4.78 is 5.20. The summed E-state index contributed by atoms with van der Waals surface area (Å²) in [6, 6.07) is 3.75. The first-order valence-electron chi connectivity index (χ1n) is 4.87. The normalized spacial score (nSPS) is 12.7. The van der Waals surface area contributed by atoms with Crippen LogP contribution in [0.3, 0.4) is 0 Å². The van der Waals surface area contributed by atoms with Crippen LogP contribution in [0, 0.1) is 0 Å². The van der Waals surface area contributed by atoms with Gasteiger partial charge in [0.1, 0.15) is 6.33 Å². The van der Waals surface area contributed by atoms with Crippen LogP contribution < -0.4 is 11.3 Å². The number of aromatic nitrogens is 3. The van der Waals surface area contributed by atoms with Gasteiger partial charge in [0, 0.05) is 7.11 Å². The molecule has 2 heterocycles. The summed E-state index contributed by atoms with van der Waals surface area (Å²) >= 11 is 0. The van der Waals surface area contributed by atoms with E-state index in [2.05, 4.69) is 20.4 Å². The van der Waals surface area contributed by atoms with E-state index in [1.54, 1.807) is 7.11 Å². The summed E-state index contributed by atoms with van der Waals surface area (Å²) in [4.78, 5) is 12.5. The third-order valence-electron chi connectivity index (χ3n) is 2.43. The Hall–Kier alpha value is -1.79. The van der Waals surface area contributed by atoms with Gasteiger partial charge in [-0.1, -0.05) is 0 Å². The van der Waals surface area contributed by atoms with E-state index < -0.39 is 0 Å². The van der Waals surface area contributed by atoms with Crippen molar-refractivity contribution in [3.05, 3.63) is 24.2 Å². The lowest BCUT2D eigenvalue weighted by molar-refractivity contribution is 0.116. The van der Waals surface area contributed by atoms with Crippen molar-refractivity contribution in [2.24, 2.45) is 5.84 Å². The van der Waals surface area contributed by atoms with Gasteiger partial charge >= 0.3 is 0 Å². The van der Waals surface area contributed by atoms with E-state index in [1.807, 2.05) is 19.1 Å². The van der Waals surface area contributed by atoms with Crippen LogP contribution in [-0.2, 0) is 4.74 Å². The van der Waals surface area contributed by atoms with E-state index >= 15 is 0 Å². The smallest absolute Gasteiger partial charge is 0.165 e. The molecule has 0 saturated heterocycles. The molecule has 0 fully saturated rings. The molecule has 2 rings (SSSR count). The van der Waals surface area contributed by atoms with Gasteiger partial charge in [0.05, 0.1) is 17.2 Å². The quantitative estimate of drug-likeness (QED) is 0.592. The Morgan fingerprint density at radius 2 is 2.19 bits per heavy atom. The minimum absolute atomic E-state index is 0.0614. The lowest BCUT2D eigenvalue weighted by Crippen LogP contribution is -2.10. The maximum Gasteiger partial charge on any atom is 0.165 e. The number of anilines is 1.